The van der Waals surface area contributed by atoms with Gasteiger partial charge in [0, 0.05) is 32.0 Å². The van der Waals surface area contributed by atoms with Crippen LogP contribution in [0, 0.1) is 0 Å². The molecule has 0 spiro atoms. The predicted molar refractivity (Wildman–Crippen MR) is 174 cm³/mol. The predicted octanol–water partition coefficient (Wildman–Crippen LogP) is 7.26. The summed E-state index contributed by atoms with van der Waals surface area (Å²) in [4.78, 5) is 29.3. The molecule has 7 nitrogen and oxygen atoms in total. The lowest BCUT2D eigenvalue weighted by Crippen LogP contribution is -2.52. The van der Waals surface area contributed by atoms with Crippen LogP contribution in [-0.4, -0.2) is 50.0 Å². The van der Waals surface area contributed by atoms with Gasteiger partial charge in [-0.15, -0.1) is 0 Å². The first-order valence-corrected chi connectivity index (χ1v) is 17.6. The number of rotatable bonds is 13. The Balaban J connectivity index is 1.61. The van der Waals surface area contributed by atoms with E-state index in [1.54, 1.807) is 18.2 Å². The van der Waals surface area contributed by atoms with Crippen molar-refractivity contribution in [3.05, 3.63) is 99.5 Å². The van der Waals surface area contributed by atoms with E-state index in [4.69, 9.17) is 23.2 Å². The van der Waals surface area contributed by atoms with Crippen molar-refractivity contribution in [2.24, 2.45) is 0 Å². The van der Waals surface area contributed by atoms with Crippen LogP contribution in [-0.2, 0) is 38.8 Å². The fourth-order valence-electron chi connectivity index (χ4n) is 5.60. The maximum atomic E-state index is 14.0. The molecule has 1 atom stereocenters. The minimum absolute atomic E-state index is 0.00322. The van der Waals surface area contributed by atoms with Gasteiger partial charge in [0.05, 0.1) is 27.6 Å². The van der Waals surface area contributed by atoms with Crippen LogP contribution >= 0.6 is 23.2 Å². The number of nitrogens with one attached hydrogen (secondary N) is 1. The lowest BCUT2D eigenvalue weighted by atomic mass is 10.0. The van der Waals surface area contributed by atoms with Crippen LogP contribution in [0.2, 0.25) is 10.0 Å². The Hall–Kier alpha value is -3.28. The number of carbonyl (C=O) groups is 2. The minimum Gasteiger partial charge on any atom is -0.352 e. The molecule has 13 heteroatoms. The molecule has 46 heavy (non-hydrogen) atoms. The molecule has 0 bridgehead atoms. The van der Waals surface area contributed by atoms with E-state index >= 15 is 0 Å². The van der Waals surface area contributed by atoms with Crippen molar-refractivity contribution in [1.29, 1.82) is 0 Å². The highest BCUT2D eigenvalue weighted by atomic mass is 35.5. The molecule has 1 aliphatic carbocycles. The SMILES string of the molecule is CS(=O)(=O)N(CCCC(=O)N(Cc1ccc(Cl)c(Cl)c1)[C@@H](Cc1ccccc1)C(=O)NC1CCCC1)c1cccc(C(F)(F)F)c1. The van der Waals surface area contributed by atoms with E-state index in [0.29, 0.717) is 10.6 Å². The summed E-state index contributed by atoms with van der Waals surface area (Å²) < 4.78 is 66.2. The zero-order valence-electron chi connectivity index (χ0n) is 25.3. The van der Waals surface area contributed by atoms with Crippen LogP contribution in [0.3, 0.4) is 0 Å². The molecule has 0 radical (unpaired) electrons. The highest BCUT2D eigenvalue weighted by Gasteiger charge is 2.33. The Bertz CT molecular complexity index is 1620. The fourth-order valence-corrected chi connectivity index (χ4v) is 6.88. The molecule has 0 unspecified atom stereocenters. The molecule has 2 amide bonds. The van der Waals surface area contributed by atoms with E-state index in [0.717, 1.165) is 60.0 Å². The van der Waals surface area contributed by atoms with Gasteiger partial charge in [-0.05, 0) is 60.7 Å². The number of benzene rings is 3. The Labute approximate surface area is 277 Å². The second-order valence-electron chi connectivity index (χ2n) is 11.5. The van der Waals surface area contributed by atoms with Gasteiger partial charge in [-0.3, -0.25) is 13.9 Å². The van der Waals surface area contributed by atoms with Gasteiger partial charge >= 0.3 is 6.18 Å². The van der Waals surface area contributed by atoms with Crippen LogP contribution in [0.25, 0.3) is 0 Å². The molecular formula is C33H36Cl2F3N3O4S. The van der Waals surface area contributed by atoms with Gasteiger partial charge in [0.1, 0.15) is 6.04 Å². The van der Waals surface area contributed by atoms with Crippen molar-refractivity contribution in [3.8, 4) is 0 Å². The van der Waals surface area contributed by atoms with Gasteiger partial charge < -0.3 is 10.2 Å². The van der Waals surface area contributed by atoms with Crippen molar-refractivity contribution < 1.29 is 31.2 Å². The van der Waals surface area contributed by atoms with Crippen molar-refractivity contribution in [3.63, 3.8) is 0 Å². The molecule has 1 saturated carbocycles. The second-order valence-corrected chi connectivity index (χ2v) is 14.2. The summed E-state index contributed by atoms with van der Waals surface area (Å²) >= 11 is 12.4. The molecule has 4 rings (SSSR count). The number of anilines is 1. The molecule has 0 heterocycles. The molecule has 3 aromatic carbocycles. The van der Waals surface area contributed by atoms with Gasteiger partial charge in [-0.25, -0.2) is 8.42 Å². The van der Waals surface area contributed by atoms with E-state index in [9.17, 15) is 31.2 Å². The Morgan fingerprint density at radius 2 is 1.63 bits per heavy atom. The number of sulfonamides is 1. The summed E-state index contributed by atoms with van der Waals surface area (Å²) in [5.41, 5.74) is 0.333. The third kappa shape index (κ3) is 9.86. The van der Waals surface area contributed by atoms with Gasteiger partial charge in [0.25, 0.3) is 0 Å². The molecule has 0 aromatic heterocycles. The number of halogens is 5. The van der Waals surface area contributed by atoms with E-state index in [-0.39, 0.29) is 55.0 Å². The highest BCUT2D eigenvalue weighted by Crippen LogP contribution is 2.32. The van der Waals surface area contributed by atoms with Crippen LogP contribution in [0.5, 0.6) is 0 Å². The Kier molecular flexibility index (Phi) is 12.0. The molecule has 1 aliphatic rings. The van der Waals surface area contributed by atoms with E-state index in [1.165, 1.54) is 11.0 Å². The average Bonchev–Trinajstić information content (AvgIpc) is 3.51. The summed E-state index contributed by atoms with van der Waals surface area (Å²) in [7, 11) is -3.99. The maximum Gasteiger partial charge on any atom is 0.416 e. The van der Waals surface area contributed by atoms with Crippen molar-refractivity contribution in [1.82, 2.24) is 10.2 Å². The highest BCUT2D eigenvalue weighted by molar-refractivity contribution is 7.92. The number of hydrogen-bond acceptors (Lipinski definition) is 4. The van der Waals surface area contributed by atoms with E-state index in [2.05, 4.69) is 5.32 Å². The maximum absolute atomic E-state index is 14.0. The Morgan fingerprint density at radius 1 is 0.935 bits per heavy atom. The molecule has 248 valence electrons. The van der Waals surface area contributed by atoms with Crippen LogP contribution in [0.1, 0.15) is 55.2 Å². The smallest absolute Gasteiger partial charge is 0.352 e. The molecule has 3 aromatic rings. The van der Waals surface area contributed by atoms with Gasteiger partial charge in [-0.1, -0.05) is 78.5 Å². The average molecular weight is 699 g/mol. The lowest BCUT2D eigenvalue weighted by molar-refractivity contribution is -0.141. The fraction of sp³-hybridized carbons (Fsp3) is 0.394. The number of amides is 2. The first-order chi connectivity index (χ1) is 21.7. The zero-order chi connectivity index (χ0) is 33.5. The molecule has 1 fully saturated rings. The standard InChI is InChI=1S/C33H36Cl2F3N3O4S/c1-46(44,45)41(27-14-7-11-25(21-27)33(36,37)38)18-8-15-31(42)40(22-24-16-17-28(34)29(35)19-24)30(20-23-9-3-2-4-10-23)32(43)39-26-12-5-6-13-26/h2-4,7,9-11,14,16-17,19,21,26,30H,5-6,8,12-13,15,18,20,22H2,1H3,(H,39,43)/t30-/m0/s1. The number of carbonyl (C=O) groups excluding carboxylic acids is 2. The normalized spacial score (nSPS) is 14.6. The molecule has 0 aliphatic heterocycles. The van der Waals surface area contributed by atoms with Crippen molar-refractivity contribution >= 4 is 50.7 Å². The minimum atomic E-state index is -4.66. The van der Waals surface area contributed by atoms with Gasteiger partial charge in [0.15, 0.2) is 0 Å². The van der Waals surface area contributed by atoms with Gasteiger partial charge in [-0.2, -0.15) is 13.2 Å². The van der Waals surface area contributed by atoms with Crippen LogP contribution in [0.4, 0.5) is 18.9 Å². The molecule has 0 saturated heterocycles. The third-order valence-corrected chi connectivity index (χ3v) is 9.86. The third-order valence-electron chi connectivity index (χ3n) is 7.92. The summed E-state index contributed by atoms with van der Waals surface area (Å²) in [6.45, 7) is -0.223. The van der Waals surface area contributed by atoms with Crippen LogP contribution in [0.15, 0.2) is 72.8 Å². The number of alkyl halides is 3. The monoisotopic (exact) mass is 697 g/mol. The molecule has 1 N–H and O–H groups in total. The number of nitrogens with zero attached hydrogens (tertiary/aromatic N) is 2. The lowest BCUT2D eigenvalue weighted by Gasteiger charge is -2.33. The molecular weight excluding hydrogens is 662 g/mol. The summed E-state index contributed by atoms with van der Waals surface area (Å²) in [6.07, 6.45) is -0.0145. The first-order valence-electron chi connectivity index (χ1n) is 14.9. The zero-order valence-corrected chi connectivity index (χ0v) is 27.6. The van der Waals surface area contributed by atoms with E-state index < -0.39 is 33.7 Å². The first kappa shape index (κ1) is 35.6. The second kappa shape index (κ2) is 15.5. The van der Waals surface area contributed by atoms with Crippen molar-refractivity contribution in [2.45, 2.75) is 69.8 Å². The Morgan fingerprint density at radius 3 is 2.26 bits per heavy atom. The van der Waals surface area contributed by atoms with Crippen molar-refractivity contribution in [2.75, 3.05) is 17.1 Å². The van der Waals surface area contributed by atoms with E-state index in [1.807, 2.05) is 30.3 Å². The number of hydrogen-bond donors (Lipinski definition) is 1. The quantitative estimate of drug-likeness (QED) is 0.204. The van der Waals surface area contributed by atoms with Gasteiger partial charge in [0.2, 0.25) is 21.8 Å². The summed E-state index contributed by atoms with van der Waals surface area (Å²) in [5, 5.41) is 3.73. The topological polar surface area (TPSA) is 86.8 Å². The summed E-state index contributed by atoms with van der Waals surface area (Å²) in [5.74, 6) is -0.725. The van der Waals surface area contributed by atoms with Crippen LogP contribution < -0.4 is 9.62 Å². The largest absolute Gasteiger partial charge is 0.416 e. The summed E-state index contributed by atoms with van der Waals surface area (Å²) in [6, 6.07) is 17.4.